The fourth-order valence-electron chi connectivity index (χ4n) is 3.87. The number of benzene rings is 1. The molecule has 1 aromatic carbocycles. The number of likely N-dealkylation sites (tertiary alicyclic amines) is 1. The molecule has 1 spiro atoms. The Bertz CT molecular complexity index is 686. The van der Waals surface area contributed by atoms with Crippen LogP contribution in [0.4, 0.5) is 4.79 Å². The van der Waals surface area contributed by atoms with Gasteiger partial charge < -0.3 is 19.5 Å². The van der Waals surface area contributed by atoms with Crippen molar-refractivity contribution < 1.29 is 24.2 Å². The molecule has 0 unspecified atom stereocenters. The Balaban J connectivity index is 1.72. The van der Waals surface area contributed by atoms with E-state index < -0.39 is 17.2 Å². The highest BCUT2D eigenvalue weighted by Crippen LogP contribution is 2.46. The van der Waals surface area contributed by atoms with Gasteiger partial charge in [-0.15, -0.1) is 0 Å². The van der Waals surface area contributed by atoms with Gasteiger partial charge in [0.2, 0.25) is 0 Å². The molecule has 6 heteroatoms. The highest BCUT2D eigenvalue weighted by atomic mass is 16.6. The predicted octanol–water partition coefficient (Wildman–Crippen LogP) is 3.80. The molecule has 26 heavy (non-hydrogen) atoms. The second kappa shape index (κ2) is 6.82. The van der Waals surface area contributed by atoms with Crippen LogP contribution < -0.4 is 4.74 Å². The average molecular weight is 361 g/mol. The molecule has 1 saturated heterocycles. The van der Waals surface area contributed by atoms with E-state index in [4.69, 9.17) is 9.47 Å². The molecule has 2 aliphatic rings. The van der Waals surface area contributed by atoms with Crippen LogP contribution in [-0.2, 0) is 9.53 Å². The second-order valence-electron chi connectivity index (χ2n) is 8.29. The summed E-state index contributed by atoms with van der Waals surface area (Å²) in [6, 6.07) is 7.68. The minimum absolute atomic E-state index is 0.0643. The van der Waals surface area contributed by atoms with Crippen LogP contribution in [0.25, 0.3) is 0 Å². The van der Waals surface area contributed by atoms with Gasteiger partial charge in [-0.3, -0.25) is 4.79 Å². The summed E-state index contributed by atoms with van der Waals surface area (Å²) >= 11 is 0. The summed E-state index contributed by atoms with van der Waals surface area (Å²) in [4.78, 5) is 25.3. The van der Waals surface area contributed by atoms with Crippen LogP contribution in [0.2, 0.25) is 0 Å². The van der Waals surface area contributed by atoms with Crippen LogP contribution in [0, 0.1) is 0 Å². The third-order valence-corrected chi connectivity index (χ3v) is 5.05. The van der Waals surface area contributed by atoms with Gasteiger partial charge in [-0.2, -0.15) is 0 Å². The molecule has 2 aliphatic heterocycles. The fraction of sp³-hybridized carbons (Fsp3) is 0.600. The molecule has 1 N–H and O–H groups in total. The number of para-hydroxylation sites is 1. The Morgan fingerprint density at radius 2 is 1.92 bits per heavy atom. The number of carboxylic acid groups (broad SMARTS) is 1. The number of carboxylic acids is 1. The molecule has 1 amide bonds. The lowest BCUT2D eigenvalue weighted by Gasteiger charge is -2.46. The van der Waals surface area contributed by atoms with E-state index in [9.17, 15) is 14.7 Å². The van der Waals surface area contributed by atoms with E-state index in [-0.39, 0.29) is 18.4 Å². The average Bonchev–Trinajstić information content (AvgIpc) is 2.53. The maximum absolute atomic E-state index is 12.3. The van der Waals surface area contributed by atoms with E-state index in [1.807, 2.05) is 45.0 Å². The predicted molar refractivity (Wildman–Crippen MR) is 96.5 cm³/mol. The number of piperidine rings is 1. The zero-order valence-electron chi connectivity index (χ0n) is 15.7. The highest BCUT2D eigenvalue weighted by Gasteiger charge is 2.44. The third kappa shape index (κ3) is 4.11. The monoisotopic (exact) mass is 361 g/mol. The SMILES string of the molecule is CC(C)(C)OC(=O)N1CCC2(CC1)C[C@H](CC(=O)O)c1ccccc1O2. The van der Waals surface area contributed by atoms with Crippen LogP contribution in [0.5, 0.6) is 5.75 Å². The van der Waals surface area contributed by atoms with E-state index in [1.165, 1.54) is 0 Å². The summed E-state index contributed by atoms with van der Waals surface area (Å²) < 4.78 is 11.8. The first-order valence-corrected chi connectivity index (χ1v) is 9.15. The van der Waals surface area contributed by atoms with E-state index >= 15 is 0 Å². The number of nitrogens with zero attached hydrogens (tertiary/aromatic N) is 1. The second-order valence-corrected chi connectivity index (χ2v) is 8.29. The van der Waals surface area contributed by atoms with E-state index in [0.29, 0.717) is 32.4 Å². The lowest BCUT2D eigenvalue weighted by molar-refractivity contribution is -0.138. The van der Waals surface area contributed by atoms with Crippen molar-refractivity contribution >= 4 is 12.1 Å². The maximum Gasteiger partial charge on any atom is 0.410 e. The van der Waals surface area contributed by atoms with Gasteiger partial charge in [0.05, 0.1) is 6.42 Å². The molecule has 0 aliphatic carbocycles. The zero-order valence-corrected chi connectivity index (χ0v) is 15.7. The van der Waals surface area contributed by atoms with Gasteiger partial charge in [0.15, 0.2) is 0 Å². The van der Waals surface area contributed by atoms with Crippen molar-refractivity contribution in [1.82, 2.24) is 4.90 Å². The minimum atomic E-state index is -0.798. The van der Waals surface area contributed by atoms with E-state index in [0.717, 1.165) is 11.3 Å². The fourth-order valence-corrected chi connectivity index (χ4v) is 3.87. The van der Waals surface area contributed by atoms with Gasteiger partial charge in [0.1, 0.15) is 17.0 Å². The molecule has 1 fully saturated rings. The molecule has 1 atom stereocenters. The van der Waals surface area contributed by atoms with Crippen LogP contribution in [0.15, 0.2) is 24.3 Å². The summed E-state index contributed by atoms with van der Waals surface area (Å²) in [5, 5.41) is 9.29. The van der Waals surface area contributed by atoms with Crippen molar-refractivity contribution in [3.63, 3.8) is 0 Å². The van der Waals surface area contributed by atoms with Crippen LogP contribution in [-0.4, -0.2) is 46.4 Å². The zero-order chi connectivity index (χ0) is 18.9. The Hall–Kier alpha value is -2.24. The lowest BCUT2D eigenvalue weighted by atomic mass is 9.76. The molecule has 0 radical (unpaired) electrons. The van der Waals surface area contributed by atoms with Crippen molar-refractivity contribution in [2.24, 2.45) is 0 Å². The standard InChI is InChI=1S/C20H27NO5/c1-19(2,3)26-18(24)21-10-8-20(9-11-21)13-14(12-17(22)23)15-6-4-5-7-16(15)25-20/h4-7,14H,8-13H2,1-3H3,(H,22,23)/t14-/m0/s1. The van der Waals surface area contributed by atoms with Crippen LogP contribution >= 0.6 is 0 Å². The van der Waals surface area contributed by atoms with Gasteiger partial charge >= 0.3 is 12.1 Å². The highest BCUT2D eigenvalue weighted by molar-refractivity contribution is 5.69. The number of aliphatic carboxylic acids is 1. The van der Waals surface area contributed by atoms with Crippen molar-refractivity contribution in [1.29, 1.82) is 0 Å². The molecular weight excluding hydrogens is 334 g/mol. The van der Waals surface area contributed by atoms with Gasteiger partial charge in [-0.05, 0) is 38.8 Å². The first-order valence-electron chi connectivity index (χ1n) is 9.15. The van der Waals surface area contributed by atoms with E-state index in [1.54, 1.807) is 4.90 Å². The number of amides is 1. The van der Waals surface area contributed by atoms with Crippen LogP contribution in [0.1, 0.15) is 57.9 Å². The normalized spacial score (nSPS) is 21.7. The van der Waals surface area contributed by atoms with Gasteiger partial charge in [-0.1, -0.05) is 18.2 Å². The smallest absolute Gasteiger partial charge is 0.410 e. The summed E-state index contributed by atoms with van der Waals surface area (Å²) in [6.07, 6.45) is 1.81. The Kier molecular flexibility index (Phi) is 4.86. The minimum Gasteiger partial charge on any atom is -0.487 e. The molecule has 6 nitrogen and oxygen atoms in total. The molecule has 142 valence electrons. The number of hydrogen-bond donors (Lipinski definition) is 1. The number of hydrogen-bond acceptors (Lipinski definition) is 4. The topological polar surface area (TPSA) is 76.1 Å². The Labute approximate surface area is 154 Å². The molecular formula is C20H27NO5. The first-order chi connectivity index (χ1) is 12.2. The molecule has 0 aromatic heterocycles. The largest absolute Gasteiger partial charge is 0.487 e. The number of fused-ring (bicyclic) bond motifs is 1. The Morgan fingerprint density at radius 3 is 2.54 bits per heavy atom. The van der Waals surface area contributed by atoms with Gasteiger partial charge in [0, 0.05) is 31.8 Å². The third-order valence-electron chi connectivity index (χ3n) is 5.05. The summed E-state index contributed by atoms with van der Waals surface area (Å²) in [5.41, 5.74) is 0.0431. The number of rotatable bonds is 2. The molecule has 2 heterocycles. The van der Waals surface area contributed by atoms with Crippen molar-refractivity contribution in [3.8, 4) is 5.75 Å². The molecule has 0 bridgehead atoms. The lowest BCUT2D eigenvalue weighted by Crippen LogP contribution is -2.52. The van der Waals surface area contributed by atoms with Gasteiger partial charge in [0.25, 0.3) is 0 Å². The number of ether oxygens (including phenoxy) is 2. The Morgan fingerprint density at radius 1 is 1.27 bits per heavy atom. The number of carbonyl (C=O) groups is 2. The van der Waals surface area contributed by atoms with Crippen LogP contribution in [0.3, 0.4) is 0 Å². The van der Waals surface area contributed by atoms with Crippen molar-refractivity contribution in [2.75, 3.05) is 13.1 Å². The van der Waals surface area contributed by atoms with E-state index in [2.05, 4.69) is 0 Å². The summed E-state index contributed by atoms with van der Waals surface area (Å²) in [7, 11) is 0. The molecule has 0 saturated carbocycles. The first kappa shape index (κ1) is 18.5. The van der Waals surface area contributed by atoms with Crippen molar-refractivity contribution in [2.45, 2.75) is 63.6 Å². The molecule has 3 rings (SSSR count). The van der Waals surface area contributed by atoms with Gasteiger partial charge in [-0.25, -0.2) is 4.79 Å². The van der Waals surface area contributed by atoms with Crippen molar-refractivity contribution in [3.05, 3.63) is 29.8 Å². The maximum atomic E-state index is 12.3. The summed E-state index contributed by atoms with van der Waals surface area (Å²) in [6.45, 7) is 6.67. The molecule has 1 aromatic rings. The number of carbonyl (C=O) groups excluding carboxylic acids is 1. The summed E-state index contributed by atoms with van der Waals surface area (Å²) in [5.74, 6) is -0.0886. The quantitative estimate of drug-likeness (QED) is 0.867.